The molecule has 0 aromatic heterocycles. The summed E-state index contributed by atoms with van der Waals surface area (Å²) in [7, 11) is -4.82. The predicted octanol–water partition coefficient (Wildman–Crippen LogP) is 1.56. The number of anilines is 1. The summed E-state index contributed by atoms with van der Waals surface area (Å²) in [5, 5.41) is 11.8. The molecule has 0 aliphatic heterocycles. The zero-order chi connectivity index (χ0) is 19.6. The number of rotatable bonds is 5. The van der Waals surface area contributed by atoms with E-state index in [1.807, 2.05) is 0 Å². The molecule has 10 nitrogen and oxygen atoms in total. The molecular weight excluding hydrogens is 355 g/mol. The summed E-state index contributed by atoms with van der Waals surface area (Å²) in [6.07, 6.45) is -0.952. The highest BCUT2D eigenvalue weighted by molar-refractivity contribution is 7.46. The first-order valence-electron chi connectivity index (χ1n) is 7.04. The zero-order valence-electron chi connectivity index (χ0n) is 14.1. The van der Waals surface area contributed by atoms with E-state index in [0.717, 1.165) is 12.1 Å². The molecule has 1 aromatic carbocycles. The van der Waals surface area contributed by atoms with E-state index in [-0.39, 0.29) is 17.0 Å². The zero-order valence-corrected chi connectivity index (χ0v) is 15.0. The molecule has 0 fully saturated rings. The molecule has 0 bridgehead atoms. The van der Waals surface area contributed by atoms with Crippen molar-refractivity contribution in [2.75, 3.05) is 5.73 Å². The number of nitrogens with two attached hydrogens (primary N) is 1. The molecule has 1 rings (SSSR count). The first kappa shape index (κ1) is 20.8. The smallest absolute Gasteiger partial charge is 0.479 e. The van der Waals surface area contributed by atoms with E-state index in [2.05, 4.69) is 9.84 Å². The lowest BCUT2D eigenvalue weighted by Gasteiger charge is -2.29. The average molecular weight is 376 g/mol. The fraction of sp³-hybridized carbons (Fsp3) is 0.429. The number of nitrogen functional groups attached to an aromatic ring is 1. The lowest BCUT2D eigenvalue weighted by atomic mass is 9.91. The van der Waals surface area contributed by atoms with Gasteiger partial charge < -0.3 is 25.4 Å². The predicted molar refractivity (Wildman–Crippen MR) is 87.9 cm³/mol. The van der Waals surface area contributed by atoms with Crippen molar-refractivity contribution in [3.05, 3.63) is 23.8 Å². The van der Waals surface area contributed by atoms with Gasteiger partial charge in [-0.3, -0.25) is 9.79 Å². The van der Waals surface area contributed by atoms with Crippen LogP contribution in [0.1, 0.15) is 33.3 Å². The molecule has 0 aliphatic carbocycles. The number of carboxylic acids is 1. The molecule has 6 N–H and O–H groups in total. The normalized spacial score (nSPS) is 14.3. The summed E-state index contributed by atoms with van der Waals surface area (Å²) in [5.74, 6) is -1.71. The van der Waals surface area contributed by atoms with Gasteiger partial charge in [0, 0.05) is 0 Å². The van der Waals surface area contributed by atoms with Crippen LogP contribution in [0.3, 0.4) is 0 Å². The van der Waals surface area contributed by atoms with E-state index in [1.165, 1.54) is 13.0 Å². The van der Waals surface area contributed by atoms with Gasteiger partial charge in [0.2, 0.25) is 0 Å². The minimum absolute atomic E-state index is 0.0569. The van der Waals surface area contributed by atoms with Gasteiger partial charge in [0.1, 0.15) is 5.60 Å². The summed E-state index contributed by atoms with van der Waals surface area (Å²) >= 11 is 0. The van der Waals surface area contributed by atoms with Crippen LogP contribution in [-0.4, -0.2) is 32.6 Å². The van der Waals surface area contributed by atoms with E-state index < -0.39 is 31.0 Å². The molecule has 0 aliphatic rings. The number of aliphatic carboxylic acids is 1. The van der Waals surface area contributed by atoms with Crippen molar-refractivity contribution >= 4 is 25.6 Å². The monoisotopic (exact) mass is 376 g/mol. The van der Waals surface area contributed by atoms with Gasteiger partial charge >= 0.3 is 19.9 Å². The Balaban J connectivity index is 3.18. The Morgan fingerprint density at radius 3 is 2.16 bits per heavy atom. The summed E-state index contributed by atoms with van der Waals surface area (Å²) < 4.78 is 20.3. The van der Waals surface area contributed by atoms with Crippen molar-refractivity contribution in [3.8, 4) is 5.75 Å². The first-order chi connectivity index (χ1) is 11.1. The Bertz CT molecular complexity index is 724. The van der Waals surface area contributed by atoms with E-state index in [9.17, 15) is 19.3 Å². The van der Waals surface area contributed by atoms with Gasteiger partial charge in [0.05, 0.1) is 5.69 Å². The van der Waals surface area contributed by atoms with Crippen LogP contribution in [0.5, 0.6) is 5.75 Å². The molecule has 0 heterocycles. The first-order valence-corrected chi connectivity index (χ1v) is 8.57. The van der Waals surface area contributed by atoms with E-state index in [4.69, 9.17) is 20.3 Å². The number of hydrogen-bond acceptors (Lipinski definition) is 6. The van der Waals surface area contributed by atoms with Gasteiger partial charge in [0.15, 0.2) is 11.3 Å². The summed E-state index contributed by atoms with van der Waals surface area (Å²) in [6, 6.07) is 3.45. The number of benzene rings is 1. The van der Waals surface area contributed by atoms with Crippen LogP contribution < -0.4 is 15.6 Å². The van der Waals surface area contributed by atoms with Crippen LogP contribution in [0.15, 0.2) is 18.2 Å². The van der Waals surface area contributed by atoms with Crippen molar-refractivity contribution in [3.63, 3.8) is 0 Å². The third-order valence-electron chi connectivity index (χ3n) is 2.98. The van der Waals surface area contributed by atoms with Crippen molar-refractivity contribution < 1.29 is 38.3 Å². The number of nitrogens with one attached hydrogen (secondary N) is 1. The standard InChI is InChI=1S/C14H21N2O8P/c1-13(2,3)23-12(19)16-14(4,11(17)18)8-5-6-10(9(15)7-8)24-25(20,21)22/h5-7H,15H2,1-4H3,(H,16,19)(H,17,18)(H2,20,21,22)/t14-/m1/s1. The highest BCUT2D eigenvalue weighted by Crippen LogP contribution is 2.41. The van der Waals surface area contributed by atoms with Crippen LogP contribution in [0.4, 0.5) is 10.5 Å². The molecule has 0 saturated carbocycles. The topological polar surface area (TPSA) is 168 Å². The minimum atomic E-state index is -4.82. The molecule has 1 amide bonds. The number of carbonyl (C=O) groups is 2. The van der Waals surface area contributed by atoms with Gasteiger partial charge in [-0.2, -0.15) is 0 Å². The summed E-state index contributed by atoms with van der Waals surface area (Å²) in [6.45, 7) is 6.09. The van der Waals surface area contributed by atoms with Gasteiger partial charge in [-0.15, -0.1) is 0 Å². The molecule has 1 aromatic rings. The van der Waals surface area contributed by atoms with Crippen LogP contribution in [0.2, 0.25) is 0 Å². The van der Waals surface area contributed by atoms with Crippen LogP contribution in [0.25, 0.3) is 0 Å². The number of alkyl carbamates (subject to hydrolysis) is 1. The largest absolute Gasteiger partial charge is 0.524 e. The number of amides is 1. The molecule has 140 valence electrons. The van der Waals surface area contributed by atoms with Crippen molar-refractivity contribution in [2.45, 2.75) is 38.8 Å². The lowest BCUT2D eigenvalue weighted by Crippen LogP contribution is -2.51. The molecule has 25 heavy (non-hydrogen) atoms. The summed E-state index contributed by atoms with van der Waals surface area (Å²) in [4.78, 5) is 41.2. The third kappa shape index (κ3) is 5.93. The van der Waals surface area contributed by atoms with Crippen LogP contribution in [-0.2, 0) is 19.6 Å². The number of phosphoric ester groups is 1. The number of carboxylic acid groups (broad SMARTS) is 1. The number of phosphoric acid groups is 1. The Hall–Kier alpha value is -2.29. The van der Waals surface area contributed by atoms with Crippen molar-refractivity contribution in [2.24, 2.45) is 0 Å². The van der Waals surface area contributed by atoms with E-state index >= 15 is 0 Å². The van der Waals surface area contributed by atoms with E-state index in [0.29, 0.717) is 0 Å². The maximum atomic E-state index is 11.9. The molecule has 0 spiro atoms. The third-order valence-corrected chi connectivity index (χ3v) is 3.42. The second-order valence-corrected chi connectivity index (χ2v) is 7.56. The Morgan fingerprint density at radius 2 is 1.76 bits per heavy atom. The SMILES string of the molecule is CC(C)(C)OC(=O)N[C@@](C)(C(=O)O)c1ccc(OP(=O)(O)O)c(N)c1. The van der Waals surface area contributed by atoms with Crippen molar-refractivity contribution in [1.82, 2.24) is 5.32 Å². The molecular formula is C14H21N2O8P. The number of carbonyl (C=O) groups excluding carboxylic acids is 1. The second kappa shape index (κ2) is 6.91. The van der Waals surface area contributed by atoms with Gasteiger partial charge in [-0.25, -0.2) is 14.2 Å². The molecule has 0 unspecified atom stereocenters. The fourth-order valence-electron chi connectivity index (χ4n) is 1.83. The number of ether oxygens (including phenoxy) is 1. The average Bonchev–Trinajstić information content (AvgIpc) is 2.36. The van der Waals surface area contributed by atoms with Gasteiger partial charge in [-0.05, 0) is 45.4 Å². The van der Waals surface area contributed by atoms with Crippen molar-refractivity contribution in [1.29, 1.82) is 0 Å². The maximum absolute atomic E-state index is 11.9. The van der Waals surface area contributed by atoms with Gasteiger partial charge in [-0.1, -0.05) is 6.07 Å². The molecule has 1 atom stereocenters. The lowest BCUT2D eigenvalue weighted by molar-refractivity contribution is -0.144. The highest BCUT2D eigenvalue weighted by Gasteiger charge is 2.39. The minimum Gasteiger partial charge on any atom is -0.479 e. The fourth-order valence-corrected chi connectivity index (χ4v) is 2.25. The number of hydrogen-bond donors (Lipinski definition) is 5. The van der Waals surface area contributed by atoms with E-state index in [1.54, 1.807) is 20.8 Å². The highest BCUT2D eigenvalue weighted by atomic mass is 31.2. The second-order valence-electron chi connectivity index (χ2n) is 6.39. The molecule has 0 saturated heterocycles. The summed E-state index contributed by atoms with van der Waals surface area (Å²) in [5.41, 5.74) is 2.78. The Labute approximate surface area is 144 Å². The Kier molecular flexibility index (Phi) is 5.74. The van der Waals surface area contributed by atoms with Gasteiger partial charge in [0.25, 0.3) is 0 Å². The molecule has 11 heteroatoms. The quantitative estimate of drug-likeness (QED) is 0.378. The molecule has 0 radical (unpaired) electrons. The van der Waals surface area contributed by atoms with Crippen LogP contribution >= 0.6 is 7.82 Å². The maximum Gasteiger partial charge on any atom is 0.524 e. The van der Waals surface area contributed by atoms with Crippen LogP contribution in [0, 0.1) is 0 Å². The Morgan fingerprint density at radius 1 is 1.20 bits per heavy atom.